The first kappa shape index (κ1) is 14.3. The summed E-state index contributed by atoms with van der Waals surface area (Å²) in [5.41, 5.74) is 3.63. The van der Waals surface area contributed by atoms with Crippen molar-refractivity contribution in [2.45, 2.75) is 40.0 Å². The van der Waals surface area contributed by atoms with E-state index in [0.29, 0.717) is 5.92 Å². The first-order valence-corrected chi connectivity index (χ1v) is 7.35. The molecule has 106 valence electrons. The van der Waals surface area contributed by atoms with Crippen molar-refractivity contribution in [2.75, 3.05) is 31.6 Å². The molecule has 1 aliphatic rings. The first-order valence-electron chi connectivity index (χ1n) is 7.35. The summed E-state index contributed by atoms with van der Waals surface area (Å²) in [6.07, 6.45) is 3.59. The van der Waals surface area contributed by atoms with Crippen LogP contribution in [0.15, 0.2) is 0 Å². The van der Waals surface area contributed by atoms with Crippen LogP contribution < -0.4 is 10.2 Å². The Labute approximate surface area is 116 Å². The fourth-order valence-electron chi connectivity index (χ4n) is 2.84. The molecule has 1 aliphatic heterocycles. The Morgan fingerprint density at radius 2 is 1.74 bits per heavy atom. The molecule has 2 heterocycles. The maximum Gasteiger partial charge on any atom is 0.225 e. The Bertz CT molecular complexity index is 401. The zero-order valence-electron chi connectivity index (χ0n) is 12.7. The average molecular weight is 262 g/mol. The summed E-state index contributed by atoms with van der Waals surface area (Å²) in [7, 11) is 2.00. The van der Waals surface area contributed by atoms with Crippen LogP contribution in [0.3, 0.4) is 0 Å². The second kappa shape index (κ2) is 6.33. The molecule has 0 bridgehead atoms. The fourth-order valence-corrected chi connectivity index (χ4v) is 2.84. The number of nitrogens with zero attached hydrogens (tertiary/aromatic N) is 3. The summed E-state index contributed by atoms with van der Waals surface area (Å²) in [6, 6.07) is 0. The highest BCUT2D eigenvalue weighted by atomic mass is 15.3. The summed E-state index contributed by atoms with van der Waals surface area (Å²) in [5, 5.41) is 3.23. The van der Waals surface area contributed by atoms with Gasteiger partial charge in [-0.15, -0.1) is 0 Å². The molecule has 4 heteroatoms. The van der Waals surface area contributed by atoms with E-state index in [-0.39, 0.29) is 0 Å². The molecule has 1 fully saturated rings. The third-order valence-electron chi connectivity index (χ3n) is 3.90. The Kier molecular flexibility index (Phi) is 4.75. The van der Waals surface area contributed by atoms with Crippen LogP contribution >= 0.6 is 0 Å². The Balaban J connectivity index is 2.16. The quantitative estimate of drug-likeness (QED) is 0.882. The van der Waals surface area contributed by atoms with Gasteiger partial charge in [0.25, 0.3) is 0 Å². The third-order valence-corrected chi connectivity index (χ3v) is 3.90. The van der Waals surface area contributed by atoms with E-state index in [9.17, 15) is 0 Å². The van der Waals surface area contributed by atoms with Crippen LogP contribution in [0.1, 0.15) is 36.7 Å². The van der Waals surface area contributed by atoms with E-state index in [0.717, 1.165) is 43.4 Å². The van der Waals surface area contributed by atoms with Crippen molar-refractivity contribution in [1.82, 2.24) is 15.3 Å². The van der Waals surface area contributed by atoms with Crippen LogP contribution in [0.25, 0.3) is 0 Å². The van der Waals surface area contributed by atoms with Crippen molar-refractivity contribution in [3.8, 4) is 0 Å². The second-order valence-electron chi connectivity index (χ2n) is 5.73. The molecule has 1 aromatic heterocycles. The summed E-state index contributed by atoms with van der Waals surface area (Å²) in [6.45, 7) is 9.75. The number of hydrogen-bond acceptors (Lipinski definition) is 4. The van der Waals surface area contributed by atoms with Gasteiger partial charge in [-0.1, -0.05) is 6.92 Å². The highest BCUT2D eigenvalue weighted by Crippen LogP contribution is 2.21. The number of anilines is 1. The van der Waals surface area contributed by atoms with Gasteiger partial charge in [0.2, 0.25) is 5.95 Å². The molecule has 1 unspecified atom stereocenters. The van der Waals surface area contributed by atoms with Crippen molar-refractivity contribution in [3.63, 3.8) is 0 Å². The molecule has 0 spiro atoms. The third kappa shape index (κ3) is 3.44. The van der Waals surface area contributed by atoms with E-state index in [1.54, 1.807) is 0 Å². The average Bonchev–Trinajstić information content (AvgIpc) is 2.87. The number of aryl methyl sites for hydroxylation is 2. The van der Waals surface area contributed by atoms with Crippen LogP contribution in [0.5, 0.6) is 0 Å². The molecule has 0 radical (unpaired) electrons. The molecule has 4 nitrogen and oxygen atoms in total. The number of nitrogens with one attached hydrogen (secondary N) is 1. The number of aromatic nitrogens is 2. The molecular weight excluding hydrogens is 236 g/mol. The highest BCUT2D eigenvalue weighted by molar-refractivity contribution is 5.37. The van der Waals surface area contributed by atoms with Gasteiger partial charge in [0, 0.05) is 24.5 Å². The van der Waals surface area contributed by atoms with Crippen LogP contribution in [-0.2, 0) is 6.42 Å². The van der Waals surface area contributed by atoms with Crippen LogP contribution in [-0.4, -0.2) is 36.6 Å². The Morgan fingerprint density at radius 3 is 2.26 bits per heavy atom. The van der Waals surface area contributed by atoms with Gasteiger partial charge in [0.1, 0.15) is 0 Å². The molecule has 1 atom stereocenters. The van der Waals surface area contributed by atoms with E-state index in [1.807, 2.05) is 7.05 Å². The molecule has 2 rings (SSSR count). The normalized spacial score (nSPS) is 16.9. The van der Waals surface area contributed by atoms with E-state index < -0.39 is 0 Å². The number of rotatable bonds is 5. The smallest absolute Gasteiger partial charge is 0.225 e. The molecule has 19 heavy (non-hydrogen) atoms. The second-order valence-corrected chi connectivity index (χ2v) is 5.73. The monoisotopic (exact) mass is 262 g/mol. The molecular formula is C15H26N4. The molecule has 0 saturated carbocycles. The van der Waals surface area contributed by atoms with Gasteiger partial charge >= 0.3 is 0 Å². The van der Waals surface area contributed by atoms with Crippen LogP contribution in [0.4, 0.5) is 5.95 Å². The highest BCUT2D eigenvalue weighted by Gasteiger charge is 2.18. The van der Waals surface area contributed by atoms with Crippen molar-refractivity contribution >= 4 is 5.95 Å². The van der Waals surface area contributed by atoms with Gasteiger partial charge in [-0.05, 0) is 58.2 Å². The Morgan fingerprint density at radius 1 is 1.16 bits per heavy atom. The lowest BCUT2D eigenvalue weighted by molar-refractivity contribution is 0.537. The Hall–Kier alpha value is -1.16. The number of hydrogen-bond donors (Lipinski definition) is 1. The lowest BCUT2D eigenvalue weighted by Gasteiger charge is -2.19. The largest absolute Gasteiger partial charge is 0.341 e. The zero-order chi connectivity index (χ0) is 13.8. The topological polar surface area (TPSA) is 41.1 Å². The van der Waals surface area contributed by atoms with Gasteiger partial charge in [0.05, 0.1) is 0 Å². The molecule has 0 aromatic carbocycles. The fraction of sp³-hybridized carbons (Fsp3) is 0.733. The van der Waals surface area contributed by atoms with Gasteiger partial charge in [-0.2, -0.15) is 0 Å². The minimum atomic E-state index is 0.614. The minimum absolute atomic E-state index is 0.614. The van der Waals surface area contributed by atoms with Gasteiger partial charge < -0.3 is 10.2 Å². The molecule has 0 amide bonds. The molecule has 0 aliphatic carbocycles. The van der Waals surface area contributed by atoms with E-state index in [4.69, 9.17) is 9.97 Å². The maximum atomic E-state index is 4.72. The SMILES string of the molecule is CNCC(C)Cc1c(C)nc(N2CCCC2)nc1C. The van der Waals surface area contributed by atoms with E-state index >= 15 is 0 Å². The lowest BCUT2D eigenvalue weighted by Crippen LogP contribution is -2.23. The minimum Gasteiger partial charge on any atom is -0.341 e. The van der Waals surface area contributed by atoms with Gasteiger partial charge in [-0.25, -0.2) is 9.97 Å². The predicted molar refractivity (Wildman–Crippen MR) is 79.7 cm³/mol. The lowest BCUT2D eigenvalue weighted by atomic mass is 9.99. The zero-order valence-corrected chi connectivity index (χ0v) is 12.7. The summed E-state index contributed by atoms with van der Waals surface area (Å²) >= 11 is 0. The van der Waals surface area contributed by atoms with Crippen molar-refractivity contribution in [2.24, 2.45) is 5.92 Å². The standard InChI is InChI=1S/C15H26N4/c1-11(10-16-4)9-14-12(2)17-15(18-13(14)3)19-7-5-6-8-19/h11,16H,5-10H2,1-4H3. The van der Waals surface area contributed by atoms with Crippen molar-refractivity contribution in [3.05, 3.63) is 17.0 Å². The molecule has 1 aromatic rings. The first-order chi connectivity index (χ1) is 9.11. The summed E-state index contributed by atoms with van der Waals surface area (Å²) in [4.78, 5) is 11.8. The van der Waals surface area contributed by atoms with Gasteiger partial charge in [-0.3, -0.25) is 0 Å². The molecule has 1 saturated heterocycles. The summed E-state index contributed by atoms with van der Waals surface area (Å²) in [5.74, 6) is 1.54. The van der Waals surface area contributed by atoms with Gasteiger partial charge in [0.15, 0.2) is 0 Å². The molecule has 1 N–H and O–H groups in total. The summed E-state index contributed by atoms with van der Waals surface area (Å²) < 4.78 is 0. The van der Waals surface area contributed by atoms with Crippen LogP contribution in [0, 0.1) is 19.8 Å². The van der Waals surface area contributed by atoms with E-state index in [2.05, 4.69) is 31.0 Å². The predicted octanol–water partition coefficient (Wildman–Crippen LogP) is 2.09. The maximum absolute atomic E-state index is 4.72. The van der Waals surface area contributed by atoms with Crippen LogP contribution in [0.2, 0.25) is 0 Å². The van der Waals surface area contributed by atoms with Crippen molar-refractivity contribution < 1.29 is 0 Å². The van der Waals surface area contributed by atoms with E-state index in [1.165, 1.54) is 18.4 Å². The van der Waals surface area contributed by atoms with Crippen molar-refractivity contribution in [1.29, 1.82) is 0 Å².